The third-order valence-corrected chi connectivity index (χ3v) is 3.30. The van der Waals surface area contributed by atoms with Crippen molar-refractivity contribution in [1.82, 2.24) is 5.32 Å². The molecule has 0 aliphatic carbocycles. The monoisotopic (exact) mass is 275 g/mol. The van der Waals surface area contributed by atoms with Crippen molar-refractivity contribution in [3.05, 3.63) is 47.5 Å². The number of hydrogen-bond acceptors (Lipinski definition) is 2. The number of nitrogens with one attached hydrogen (secondary N) is 1. The second-order valence-electron chi connectivity index (χ2n) is 5.31. The molecule has 0 bridgehead atoms. The van der Waals surface area contributed by atoms with E-state index in [-0.39, 0.29) is 5.82 Å². The highest BCUT2D eigenvalue weighted by Crippen LogP contribution is 2.26. The third-order valence-electron chi connectivity index (χ3n) is 3.30. The maximum atomic E-state index is 13.8. The highest BCUT2D eigenvalue weighted by molar-refractivity contribution is 5.59. The van der Waals surface area contributed by atoms with Crippen LogP contribution in [0, 0.1) is 12.7 Å². The third kappa shape index (κ3) is 3.70. The summed E-state index contributed by atoms with van der Waals surface area (Å²) in [5, 5.41) is 3.42. The summed E-state index contributed by atoms with van der Waals surface area (Å²) in [7, 11) is 0. The molecule has 0 fully saturated rings. The molecule has 0 aliphatic heterocycles. The van der Waals surface area contributed by atoms with Crippen molar-refractivity contribution < 1.29 is 8.81 Å². The second kappa shape index (κ2) is 6.71. The molecule has 20 heavy (non-hydrogen) atoms. The van der Waals surface area contributed by atoms with Crippen LogP contribution >= 0.6 is 0 Å². The summed E-state index contributed by atoms with van der Waals surface area (Å²) < 4.78 is 19.6. The Morgan fingerprint density at radius 1 is 1.25 bits per heavy atom. The van der Waals surface area contributed by atoms with Crippen LogP contribution in [0.1, 0.15) is 31.6 Å². The molecule has 0 amide bonds. The van der Waals surface area contributed by atoms with Gasteiger partial charge in [-0.25, -0.2) is 4.39 Å². The molecule has 0 saturated heterocycles. The molecule has 1 aromatic heterocycles. The van der Waals surface area contributed by atoms with E-state index in [2.05, 4.69) is 19.2 Å². The van der Waals surface area contributed by atoms with Gasteiger partial charge in [0, 0.05) is 12.5 Å². The van der Waals surface area contributed by atoms with Crippen LogP contribution in [0.5, 0.6) is 0 Å². The Bertz CT molecular complexity index is 562. The first-order valence-electron chi connectivity index (χ1n) is 7.18. The first-order chi connectivity index (χ1) is 9.60. The maximum Gasteiger partial charge on any atom is 0.137 e. The minimum atomic E-state index is -0.242. The van der Waals surface area contributed by atoms with Crippen LogP contribution < -0.4 is 5.32 Å². The standard InChI is InChI=1S/C17H22FNO/c1-4-9-19-13(3)11-14-6-8-17(20-14)15-10-12(2)5-7-16(15)18/h5-8,10,13,19H,4,9,11H2,1-3H3. The van der Waals surface area contributed by atoms with Gasteiger partial charge in [-0.05, 0) is 51.1 Å². The number of halogens is 1. The number of aryl methyl sites for hydroxylation is 1. The first kappa shape index (κ1) is 14.8. The number of furan rings is 1. The van der Waals surface area contributed by atoms with Crippen molar-refractivity contribution in [2.45, 2.75) is 39.7 Å². The van der Waals surface area contributed by atoms with Crippen molar-refractivity contribution in [2.24, 2.45) is 0 Å². The molecule has 0 radical (unpaired) electrons. The molecule has 1 heterocycles. The van der Waals surface area contributed by atoms with E-state index in [4.69, 9.17) is 4.42 Å². The zero-order chi connectivity index (χ0) is 14.5. The van der Waals surface area contributed by atoms with Gasteiger partial charge in [-0.3, -0.25) is 0 Å². The predicted octanol–water partition coefficient (Wildman–Crippen LogP) is 4.32. The molecule has 1 atom stereocenters. The van der Waals surface area contributed by atoms with Crippen molar-refractivity contribution in [2.75, 3.05) is 6.54 Å². The molecule has 3 heteroatoms. The Balaban J connectivity index is 2.10. The van der Waals surface area contributed by atoms with E-state index in [9.17, 15) is 4.39 Å². The van der Waals surface area contributed by atoms with Crippen LogP contribution in [0.25, 0.3) is 11.3 Å². The van der Waals surface area contributed by atoms with Crippen molar-refractivity contribution in [3.8, 4) is 11.3 Å². The molecule has 108 valence electrons. The van der Waals surface area contributed by atoms with Crippen LogP contribution in [0.4, 0.5) is 4.39 Å². The molecule has 0 spiro atoms. The van der Waals surface area contributed by atoms with Gasteiger partial charge in [0.15, 0.2) is 0 Å². The predicted molar refractivity (Wildman–Crippen MR) is 80.3 cm³/mol. The Hall–Kier alpha value is -1.61. The van der Waals surface area contributed by atoms with Gasteiger partial charge in [0.25, 0.3) is 0 Å². The summed E-state index contributed by atoms with van der Waals surface area (Å²) in [6, 6.07) is 9.20. The largest absolute Gasteiger partial charge is 0.461 e. The summed E-state index contributed by atoms with van der Waals surface area (Å²) in [5.74, 6) is 1.24. The van der Waals surface area contributed by atoms with E-state index >= 15 is 0 Å². The van der Waals surface area contributed by atoms with Crippen LogP contribution in [0.3, 0.4) is 0 Å². The van der Waals surface area contributed by atoms with Gasteiger partial charge >= 0.3 is 0 Å². The van der Waals surface area contributed by atoms with Gasteiger partial charge < -0.3 is 9.73 Å². The molecule has 1 unspecified atom stereocenters. The molecular formula is C17H22FNO. The molecular weight excluding hydrogens is 253 g/mol. The first-order valence-corrected chi connectivity index (χ1v) is 7.18. The zero-order valence-corrected chi connectivity index (χ0v) is 12.4. The Labute approximate surface area is 120 Å². The van der Waals surface area contributed by atoms with Gasteiger partial charge in [-0.2, -0.15) is 0 Å². The molecule has 2 nitrogen and oxygen atoms in total. The van der Waals surface area contributed by atoms with E-state index in [0.717, 1.165) is 30.7 Å². The van der Waals surface area contributed by atoms with Crippen LogP contribution in [0.2, 0.25) is 0 Å². The lowest BCUT2D eigenvalue weighted by Gasteiger charge is -2.11. The minimum Gasteiger partial charge on any atom is -0.461 e. The van der Waals surface area contributed by atoms with E-state index in [1.54, 1.807) is 6.07 Å². The topological polar surface area (TPSA) is 25.2 Å². The lowest BCUT2D eigenvalue weighted by molar-refractivity contribution is 0.462. The summed E-state index contributed by atoms with van der Waals surface area (Å²) in [6.45, 7) is 7.22. The van der Waals surface area contributed by atoms with Crippen molar-refractivity contribution in [3.63, 3.8) is 0 Å². The number of benzene rings is 1. The summed E-state index contributed by atoms with van der Waals surface area (Å²) in [5.41, 5.74) is 1.56. The lowest BCUT2D eigenvalue weighted by atomic mass is 10.1. The fraction of sp³-hybridized carbons (Fsp3) is 0.412. The molecule has 1 aromatic carbocycles. The summed E-state index contributed by atoms with van der Waals surface area (Å²) in [4.78, 5) is 0. The summed E-state index contributed by atoms with van der Waals surface area (Å²) >= 11 is 0. The van der Waals surface area contributed by atoms with E-state index in [1.807, 2.05) is 25.1 Å². The number of rotatable bonds is 6. The quantitative estimate of drug-likeness (QED) is 0.849. The van der Waals surface area contributed by atoms with Crippen LogP contribution in [-0.4, -0.2) is 12.6 Å². The van der Waals surface area contributed by atoms with Crippen LogP contribution in [-0.2, 0) is 6.42 Å². The fourth-order valence-electron chi connectivity index (χ4n) is 2.22. The smallest absolute Gasteiger partial charge is 0.137 e. The molecule has 0 aliphatic rings. The Morgan fingerprint density at radius 2 is 2.05 bits per heavy atom. The summed E-state index contributed by atoms with van der Waals surface area (Å²) in [6.07, 6.45) is 1.93. The van der Waals surface area contributed by atoms with E-state index in [0.29, 0.717) is 17.4 Å². The van der Waals surface area contributed by atoms with E-state index in [1.165, 1.54) is 6.07 Å². The zero-order valence-electron chi connectivity index (χ0n) is 12.4. The number of hydrogen-bond donors (Lipinski definition) is 1. The minimum absolute atomic E-state index is 0.242. The highest BCUT2D eigenvalue weighted by Gasteiger charge is 2.11. The average molecular weight is 275 g/mol. The average Bonchev–Trinajstić information content (AvgIpc) is 2.87. The Kier molecular flexibility index (Phi) is 4.96. The van der Waals surface area contributed by atoms with Gasteiger partial charge in [0.1, 0.15) is 17.3 Å². The van der Waals surface area contributed by atoms with Gasteiger partial charge in [0.2, 0.25) is 0 Å². The van der Waals surface area contributed by atoms with Crippen molar-refractivity contribution >= 4 is 0 Å². The Morgan fingerprint density at radius 3 is 2.80 bits per heavy atom. The van der Waals surface area contributed by atoms with Gasteiger partial charge in [0.05, 0.1) is 5.56 Å². The normalized spacial score (nSPS) is 12.6. The van der Waals surface area contributed by atoms with Crippen LogP contribution in [0.15, 0.2) is 34.7 Å². The SMILES string of the molecule is CCCNC(C)Cc1ccc(-c2cc(C)ccc2F)o1. The molecule has 0 saturated carbocycles. The fourth-order valence-corrected chi connectivity index (χ4v) is 2.22. The van der Waals surface area contributed by atoms with Crippen molar-refractivity contribution in [1.29, 1.82) is 0 Å². The second-order valence-corrected chi connectivity index (χ2v) is 5.31. The molecule has 2 aromatic rings. The van der Waals surface area contributed by atoms with E-state index < -0.39 is 0 Å². The molecule has 2 rings (SSSR count). The maximum absolute atomic E-state index is 13.8. The molecule has 1 N–H and O–H groups in total. The van der Waals surface area contributed by atoms with Gasteiger partial charge in [-0.15, -0.1) is 0 Å². The highest BCUT2D eigenvalue weighted by atomic mass is 19.1. The lowest BCUT2D eigenvalue weighted by Crippen LogP contribution is -2.28. The van der Waals surface area contributed by atoms with Gasteiger partial charge in [-0.1, -0.05) is 18.6 Å².